The van der Waals surface area contributed by atoms with Crippen LogP contribution in [-0.2, 0) is 14.3 Å². The first-order chi connectivity index (χ1) is 9.72. The number of nitrogens with two attached hydrogens (primary N) is 1. The highest BCUT2D eigenvalue weighted by Gasteiger charge is 2.29. The molecule has 5 nitrogen and oxygen atoms in total. The van der Waals surface area contributed by atoms with Crippen molar-refractivity contribution in [1.29, 1.82) is 0 Å². The number of aromatic nitrogens is 1. The van der Waals surface area contributed by atoms with E-state index in [0.717, 1.165) is 5.56 Å². The Labute approximate surface area is 129 Å². The minimum absolute atomic E-state index is 0.236. The van der Waals surface area contributed by atoms with E-state index in [1.54, 1.807) is 32.3 Å². The molecule has 1 unspecified atom stereocenters. The van der Waals surface area contributed by atoms with Crippen LogP contribution >= 0.6 is 11.3 Å². The van der Waals surface area contributed by atoms with Crippen LogP contribution in [0.5, 0.6) is 0 Å². The molecule has 0 aliphatic carbocycles. The minimum Gasteiger partial charge on any atom is -0.251 e. The lowest BCUT2D eigenvalue weighted by atomic mass is 10.1. The second-order valence-corrected chi connectivity index (χ2v) is 7.50. The normalized spacial score (nSPS) is 13.3. The summed E-state index contributed by atoms with van der Waals surface area (Å²) in [4.78, 5) is 0.236. The molecule has 0 aliphatic heterocycles. The molecule has 0 amide bonds. The number of hydrogen-bond acceptors (Lipinski definition) is 5. The third-order valence-corrected chi connectivity index (χ3v) is 5.87. The second-order valence-electron chi connectivity index (χ2n) is 5.07. The van der Waals surface area contributed by atoms with Crippen LogP contribution in [0.15, 0.2) is 28.6 Å². The van der Waals surface area contributed by atoms with Crippen LogP contribution < -0.4 is 10.5 Å². The predicted octanol–water partition coefficient (Wildman–Crippen LogP) is 2.14. The van der Waals surface area contributed by atoms with Crippen molar-refractivity contribution in [3.05, 3.63) is 45.4 Å². The number of thiazole rings is 1. The number of rotatable bonds is 4. The SMILES string of the molecule is Cc1cc(C)c(S(=O)(=O)OC(C)c2scc[n+]2N)c(C)c1. The molecule has 114 valence electrons. The standard InChI is InChI=1S/C14H19N2O3S2/c1-9-7-10(2)13(11(3)8-9)21(17,18)19-12(4)14-16(15)5-6-20-14/h5-8,12H,15H2,1-4H3/q+1. The lowest BCUT2D eigenvalue weighted by Gasteiger charge is -2.14. The molecule has 21 heavy (non-hydrogen) atoms. The minimum atomic E-state index is -3.84. The van der Waals surface area contributed by atoms with Gasteiger partial charge in [0.15, 0.2) is 6.10 Å². The zero-order chi connectivity index (χ0) is 15.8. The van der Waals surface area contributed by atoms with Gasteiger partial charge in [-0.25, -0.2) is 5.84 Å². The summed E-state index contributed by atoms with van der Waals surface area (Å²) in [7, 11) is -3.84. The van der Waals surface area contributed by atoms with Crippen molar-refractivity contribution in [3.8, 4) is 0 Å². The van der Waals surface area contributed by atoms with Crippen molar-refractivity contribution >= 4 is 21.5 Å². The average Bonchev–Trinajstić information content (AvgIpc) is 2.72. The fourth-order valence-electron chi connectivity index (χ4n) is 2.45. The van der Waals surface area contributed by atoms with E-state index in [0.29, 0.717) is 16.1 Å². The molecule has 0 aliphatic rings. The molecule has 1 heterocycles. The summed E-state index contributed by atoms with van der Waals surface area (Å²) >= 11 is 1.35. The number of nitrogens with zero attached hydrogens (tertiary/aromatic N) is 1. The van der Waals surface area contributed by atoms with Gasteiger partial charge in [0, 0.05) is 0 Å². The summed E-state index contributed by atoms with van der Waals surface area (Å²) < 4.78 is 31.8. The highest BCUT2D eigenvalue weighted by molar-refractivity contribution is 7.86. The maximum Gasteiger partial charge on any atom is 0.298 e. The summed E-state index contributed by atoms with van der Waals surface area (Å²) in [6.07, 6.45) is 1.02. The Hall–Kier alpha value is -1.44. The first-order valence-electron chi connectivity index (χ1n) is 6.47. The number of hydrogen-bond donors (Lipinski definition) is 1. The van der Waals surface area contributed by atoms with Gasteiger partial charge in [-0.05, 0) is 38.8 Å². The molecule has 1 aromatic carbocycles. The molecular weight excluding hydrogens is 308 g/mol. The molecule has 1 aromatic heterocycles. The molecule has 0 saturated heterocycles. The van der Waals surface area contributed by atoms with Gasteiger partial charge in [-0.1, -0.05) is 33.7 Å². The third kappa shape index (κ3) is 3.25. The zero-order valence-electron chi connectivity index (χ0n) is 12.5. The molecule has 0 fully saturated rings. The van der Waals surface area contributed by atoms with E-state index in [4.69, 9.17) is 10.0 Å². The van der Waals surface area contributed by atoms with Gasteiger partial charge < -0.3 is 0 Å². The van der Waals surface area contributed by atoms with Gasteiger partial charge in [-0.15, -0.1) is 0 Å². The largest absolute Gasteiger partial charge is 0.298 e. The van der Waals surface area contributed by atoms with E-state index in [-0.39, 0.29) is 4.90 Å². The molecule has 0 saturated carbocycles. The Bertz CT molecular complexity index is 743. The molecular formula is C14H19N2O3S2+. The van der Waals surface area contributed by atoms with Gasteiger partial charge in [0.2, 0.25) is 6.20 Å². The molecule has 2 N–H and O–H groups in total. The lowest BCUT2D eigenvalue weighted by Crippen LogP contribution is -2.46. The van der Waals surface area contributed by atoms with Crippen molar-refractivity contribution in [1.82, 2.24) is 0 Å². The number of nitrogen functional groups attached to an aromatic ring is 1. The predicted molar refractivity (Wildman–Crippen MR) is 82.0 cm³/mol. The third-order valence-electron chi connectivity index (χ3n) is 3.14. The summed E-state index contributed by atoms with van der Waals surface area (Å²) in [6.45, 7) is 7.15. The lowest BCUT2D eigenvalue weighted by molar-refractivity contribution is -0.644. The highest BCUT2D eigenvalue weighted by Crippen LogP contribution is 2.28. The molecule has 2 rings (SSSR count). The molecule has 0 radical (unpaired) electrons. The Morgan fingerprint density at radius 1 is 1.24 bits per heavy atom. The van der Waals surface area contributed by atoms with E-state index < -0.39 is 16.2 Å². The Balaban J connectivity index is 2.38. The van der Waals surface area contributed by atoms with Gasteiger partial charge >= 0.3 is 0 Å². The van der Waals surface area contributed by atoms with E-state index >= 15 is 0 Å². The quantitative estimate of drug-likeness (QED) is 0.530. The maximum atomic E-state index is 12.5. The number of benzene rings is 1. The van der Waals surface area contributed by atoms with E-state index in [1.807, 2.05) is 19.1 Å². The topological polar surface area (TPSA) is 73.3 Å². The second kappa shape index (κ2) is 5.75. The van der Waals surface area contributed by atoms with Gasteiger partial charge in [-0.2, -0.15) is 8.42 Å². The van der Waals surface area contributed by atoms with Crippen LogP contribution in [0.4, 0.5) is 0 Å². The summed E-state index contributed by atoms with van der Waals surface area (Å²) in [5, 5.41) is 2.42. The fraction of sp³-hybridized carbons (Fsp3) is 0.357. The van der Waals surface area contributed by atoms with Gasteiger partial charge in [0.25, 0.3) is 15.1 Å². The van der Waals surface area contributed by atoms with E-state index in [9.17, 15) is 8.42 Å². The zero-order valence-corrected chi connectivity index (χ0v) is 14.1. The summed E-state index contributed by atoms with van der Waals surface area (Å²) in [6, 6.07) is 3.67. The molecule has 0 bridgehead atoms. The summed E-state index contributed by atoms with van der Waals surface area (Å²) in [5.74, 6) is 5.73. The van der Waals surface area contributed by atoms with Crippen LogP contribution in [0.1, 0.15) is 34.7 Å². The molecule has 7 heteroatoms. The molecule has 0 spiro atoms. The Morgan fingerprint density at radius 3 is 2.29 bits per heavy atom. The fourth-order valence-corrected chi connectivity index (χ4v) is 4.73. The first-order valence-corrected chi connectivity index (χ1v) is 8.76. The van der Waals surface area contributed by atoms with Crippen LogP contribution in [0, 0.1) is 20.8 Å². The van der Waals surface area contributed by atoms with Crippen molar-refractivity contribution < 1.29 is 17.3 Å². The van der Waals surface area contributed by atoms with Crippen LogP contribution in [0.2, 0.25) is 0 Å². The van der Waals surface area contributed by atoms with E-state index in [1.165, 1.54) is 16.0 Å². The summed E-state index contributed by atoms with van der Waals surface area (Å²) in [5.41, 5.74) is 2.40. The van der Waals surface area contributed by atoms with E-state index in [2.05, 4.69) is 0 Å². The van der Waals surface area contributed by atoms with Crippen molar-refractivity contribution in [2.75, 3.05) is 5.84 Å². The van der Waals surface area contributed by atoms with Crippen molar-refractivity contribution in [3.63, 3.8) is 0 Å². The maximum absolute atomic E-state index is 12.5. The van der Waals surface area contributed by atoms with Gasteiger partial charge in [0.05, 0.1) is 10.3 Å². The average molecular weight is 327 g/mol. The Kier molecular flexibility index (Phi) is 4.36. The highest BCUT2D eigenvalue weighted by atomic mass is 32.2. The van der Waals surface area contributed by atoms with Crippen molar-refractivity contribution in [2.45, 2.75) is 38.7 Å². The Morgan fingerprint density at radius 2 is 1.81 bits per heavy atom. The van der Waals surface area contributed by atoms with Crippen molar-refractivity contribution in [2.24, 2.45) is 0 Å². The monoisotopic (exact) mass is 327 g/mol. The first kappa shape index (κ1) is 15.9. The van der Waals surface area contributed by atoms with Gasteiger partial charge in [0.1, 0.15) is 0 Å². The smallest absolute Gasteiger partial charge is 0.251 e. The van der Waals surface area contributed by atoms with Crippen LogP contribution in [-0.4, -0.2) is 8.42 Å². The van der Waals surface area contributed by atoms with Crippen LogP contribution in [0.3, 0.4) is 0 Å². The van der Waals surface area contributed by atoms with Gasteiger partial charge in [-0.3, -0.25) is 4.18 Å². The molecule has 1 atom stereocenters. The number of aryl methyl sites for hydroxylation is 3. The van der Waals surface area contributed by atoms with Crippen LogP contribution in [0.25, 0.3) is 0 Å². The molecule has 2 aromatic rings.